The van der Waals surface area contributed by atoms with E-state index in [1.54, 1.807) is 0 Å². The summed E-state index contributed by atoms with van der Waals surface area (Å²) >= 11 is 0. The first kappa shape index (κ1) is 13.5. The number of rotatable bonds is 5. The topological polar surface area (TPSA) is 24.5 Å². The molecule has 0 spiro atoms. The van der Waals surface area contributed by atoms with Gasteiger partial charge in [0.2, 0.25) is 0 Å². The summed E-state index contributed by atoms with van der Waals surface area (Å²) in [5, 5.41) is 3.58. The van der Waals surface area contributed by atoms with Crippen molar-refractivity contribution in [1.29, 1.82) is 0 Å². The van der Waals surface area contributed by atoms with Crippen LogP contribution < -0.4 is 5.32 Å². The molecule has 2 rings (SSSR count). The minimum atomic E-state index is 0.331. The van der Waals surface area contributed by atoms with Crippen LogP contribution in [0.15, 0.2) is 30.3 Å². The molecule has 1 aromatic carbocycles. The summed E-state index contributed by atoms with van der Waals surface area (Å²) < 4.78 is 5.62. The molecule has 1 aliphatic rings. The lowest BCUT2D eigenvalue weighted by molar-refractivity contribution is 0.0525. The zero-order valence-electron chi connectivity index (χ0n) is 11.4. The van der Waals surface area contributed by atoms with Gasteiger partial charge in [0, 0.05) is 32.2 Å². The summed E-state index contributed by atoms with van der Waals surface area (Å²) in [6.07, 6.45) is 0.331. The standard InChI is InChI=1S/C15H24N2O/c1-13(2)18-11-10-17-9-8-16-15(12-17)14-6-4-3-5-7-14/h3-7,13,15-16H,8-12H2,1-2H3. The van der Waals surface area contributed by atoms with E-state index in [0.29, 0.717) is 12.1 Å². The lowest BCUT2D eigenvalue weighted by Crippen LogP contribution is -2.46. The highest BCUT2D eigenvalue weighted by atomic mass is 16.5. The molecule has 1 saturated heterocycles. The van der Waals surface area contributed by atoms with Crippen molar-refractivity contribution < 1.29 is 4.74 Å². The predicted octanol–water partition coefficient (Wildman–Crippen LogP) is 2.06. The highest BCUT2D eigenvalue weighted by Gasteiger charge is 2.19. The van der Waals surface area contributed by atoms with Gasteiger partial charge in [0.05, 0.1) is 12.7 Å². The molecule has 0 saturated carbocycles. The van der Waals surface area contributed by atoms with Gasteiger partial charge < -0.3 is 10.1 Å². The molecule has 1 fully saturated rings. The van der Waals surface area contributed by atoms with Gasteiger partial charge in [0.25, 0.3) is 0 Å². The molecule has 1 atom stereocenters. The van der Waals surface area contributed by atoms with Crippen LogP contribution in [-0.4, -0.2) is 43.8 Å². The monoisotopic (exact) mass is 248 g/mol. The average molecular weight is 248 g/mol. The minimum absolute atomic E-state index is 0.331. The van der Waals surface area contributed by atoms with Gasteiger partial charge in [-0.3, -0.25) is 4.90 Å². The lowest BCUT2D eigenvalue weighted by Gasteiger charge is -2.34. The Balaban J connectivity index is 1.81. The van der Waals surface area contributed by atoms with Crippen LogP contribution in [0.4, 0.5) is 0 Å². The van der Waals surface area contributed by atoms with Crippen LogP contribution in [0.25, 0.3) is 0 Å². The van der Waals surface area contributed by atoms with Crippen molar-refractivity contribution in [2.75, 3.05) is 32.8 Å². The first-order valence-electron chi connectivity index (χ1n) is 6.88. The predicted molar refractivity (Wildman–Crippen MR) is 74.7 cm³/mol. The van der Waals surface area contributed by atoms with E-state index >= 15 is 0 Å². The number of nitrogens with one attached hydrogen (secondary N) is 1. The fourth-order valence-corrected chi connectivity index (χ4v) is 2.34. The Bertz CT molecular complexity index is 340. The number of hydrogen-bond acceptors (Lipinski definition) is 3. The van der Waals surface area contributed by atoms with Gasteiger partial charge in [-0.2, -0.15) is 0 Å². The summed E-state index contributed by atoms with van der Waals surface area (Å²) in [5.41, 5.74) is 1.38. The Morgan fingerprint density at radius 2 is 2.11 bits per heavy atom. The summed E-state index contributed by atoms with van der Waals surface area (Å²) in [5.74, 6) is 0. The normalized spacial score (nSPS) is 21.4. The van der Waals surface area contributed by atoms with E-state index in [9.17, 15) is 0 Å². The van der Waals surface area contributed by atoms with Gasteiger partial charge in [-0.25, -0.2) is 0 Å². The van der Waals surface area contributed by atoms with Gasteiger partial charge >= 0.3 is 0 Å². The molecule has 0 amide bonds. The van der Waals surface area contributed by atoms with Crippen LogP contribution in [-0.2, 0) is 4.74 Å². The van der Waals surface area contributed by atoms with Gasteiger partial charge in [-0.05, 0) is 19.4 Å². The molecular weight excluding hydrogens is 224 g/mol. The van der Waals surface area contributed by atoms with Crippen molar-refractivity contribution in [1.82, 2.24) is 10.2 Å². The maximum atomic E-state index is 5.62. The molecule has 18 heavy (non-hydrogen) atoms. The molecule has 0 aromatic heterocycles. The summed E-state index contributed by atoms with van der Waals surface area (Å²) in [6, 6.07) is 11.1. The van der Waals surface area contributed by atoms with Crippen LogP contribution >= 0.6 is 0 Å². The van der Waals surface area contributed by atoms with Gasteiger partial charge in [-0.15, -0.1) is 0 Å². The van der Waals surface area contributed by atoms with Gasteiger partial charge in [-0.1, -0.05) is 30.3 Å². The molecule has 3 nitrogen and oxygen atoms in total. The number of piperazine rings is 1. The Morgan fingerprint density at radius 3 is 2.83 bits per heavy atom. The number of nitrogens with zero attached hydrogens (tertiary/aromatic N) is 1. The molecule has 3 heteroatoms. The first-order chi connectivity index (χ1) is 8.75. The van der Waals surface area contributed by atoms with Gasteiger partial charge in [0.1, 0.15) is 0 Å². The third-order valence-electron chi connectivity index (χ3n) is 3.32. The Labute approximate surface area is 110 Å². The van der Waals surface area contributed by atoms with E-state index < -0.39 is 0 Å². The van der Waals surface area contributed by atoms with E-state index in [1.165, 1.54) is 5.56 Å². The number of ether oxygens (including phenoxy) is 1. The van der Waals surface area contributed by atoms with Crippen LogP contribution in [0.3, 0.4) is 0 Å². The van der Waals surface area contributed by atoms with Crippen molar-refractivity contribution in [3.63, 3.8) is 0 Å². The second-order valence-electron chi connectivity index (χ2n) is 5.14. The van der Waals surface area contributed by atoms with Crippen molar-refractivity contribution in [3.8, 4) is 0 Å². The van der Waals surface area contributed by atoms with Crippen molar-refractivity contribution in [2.24, 2.45) is 0 Å². The SMILES string of the molecule is CC(C)OCCN1CCNC(c2ccccc2)C1. The van der Waals surface area contributed by atoms with Crippen molar-refractivity contribution in [3.05, 3.63) is 35.9 Å². The second kappa shape index (κ2) is 6.88. The van der Waals surface area contributed by atoms with Crippen LogP contribution in [0.2, 0.25) is 0 Å². The molecule has 1 unspecified atom stereocenters. The zero-order valence-corrected chi connectivity index (χ0v) is 11.4. The quantitative estimate of drug-likeness (QED) is 0.863. The number of hydrogen-bond donors (Lipinski definition) is 1. The summed E-state index contributed by atoms with van der Waals surface area (Å²) in [4.78, 5) is 2.48. The first-order valence-corrected chi connectivity index (χ1v) is 6.88. The third kappa shape index (κ3) is 4.09. The maximum Gasteiger partial charge on any atom is 0.0596 e. The molecular formula is C15H24N2O. The Kier molecular flexibility index (Phi) is 5.17. The van der Waals surface area contributed by atoms with E-state index in [1.807, 2.05) is 0 Å². The van der Waals surface area contributed by atoms with Crippen LogP contribution in [0.5, 0.6) is 0 Å². The molecule has 1 aromatic rings. The highest BCUT2D eigenvalue weighted by Crippen LogP contribution is 2.16. The zero-order chi connectivity index (χ0) is 12.8. The lowest BCUT2D eigenvalue weighted by atomic mass is 10.0. The molecule has 0 radical (unpaired) electrons. The highest BCUT2D eigenvalue weighted by molar-refractivity contribution is 5.19. The average Bonchev–Trinajstić information content (AvgIpc) is 2.40. The second-order valence-corrected chi connectivity index (χ2v) is 5.14. The molecule has 0 aliphatic carbocycles. The van der Waals surface area contributed by atoms with Crippen LogP contribution in [0.1, 0.15) is 25.5 Å². The number of benzene rings is 1. The largest absolute Gasteiger partial charge is 0.377 e. The van der Waals surface area contributed by atoms with E-state index in [-0.39, 0.29) is 0 Å². The molecule has 100 valence electrons. The fraction of sp³-hybridized carbons (Fsp3) is 0.600. The fourth-order valence-electron chi connectivity index (χ4n) is 2.34. The molecule has 1 aliphatic heterocycles. The maximum absolute atomic E-state index is 5.62. The van der Waals surface area contributed by atoms with E-state index in [4.69, 9.17) is 4.74 Å². The van der Waals surface area contributed by atoms with Crippen LogP contribution in [0, 0.1) is 0 Å². The Morgan fingerprint density at radius 1 is 1.33 bits per heavy atom. The molecule has 1 N–H and O–H groups in total. The van der Waals surface area contributed by atoms with Crippen molar-refractivity contribution >= 4 is 0 Å². The molecule has 1 heterocycles. The summed E-state index contributed by atoms with van der Waals surface area (Å²) in [7, 11) is 0. The third-order valence-corrected chi connectivity index (χ3v) is 3.32. The Hall–Kier alpha value is -0.900. The smallest absolute Gasteiger partial charge is 0.0596 e. The summed E-state index contributed by atoms with van der Waals surface area (Å²) in [6.45, 7) is 9.29. The van der Waals surface area contributed by atoms with Crippen molar-refractivity contribution in [2.45, 2.75) is 26.0 Å². The molecule has 0 bridgehead atoms. The van der Waals surface area contributed by atoms with Gasteiger partial charge in [0.15, 0.2) is 0 Å². The minimum Gasteiger partial charge on any atom is -0.377 e. The van der Waals surface area contributed by atoms with E-state index in [2.05, 4.69) is 54.4 Å². The van der Waals surface area contributed by atoms with E-state index in [0.717, 1.165) is 32.8 Å².